The highest BCUT2D eigenvalue weighted by atomic mass is 19.4. The quantitative estimate of drug-likeness (QED) is 0.621. The van der Waals surface area contributed by atoms with Crippen molar-refractivity contribution >= 4 is 5.69 Å². The monoisotopic (exact) mass is 420 g/mol. The summed E-state index contributed by atoms with van der Waals surface area (Å²) in [4.78, 5) is 3.53. The van der Waals surface area contributed by atoms with Crippen molar-refractivity contribution in [2.45, 2.75) is 31.7 Å². The Labute approximate surface area is 170 Å². The molecule has 5 nitrogen and oxygen atoms in total. The number of fused-ring (bicyclic) bond motifs is 1. The molecule has 9 heteroatoms. The number of alkyl halides is 3. The summed E-state index contributed by atoms with van der Waals surface area (Å²) in [5, 5.41) is 0. The van der Waals surface area contributed by atoms with Gasteiger partial charge in [-0.25, -0.2) is 9.29 Å². The largest absolute Gasteiger partial charge is 0.455 e. The van der Waals surface area contributed by atoms with E-state index < -0.39 is 24.4 Å². The van der Waals surface area contributed by atoms with Crippen LogP contribution in [0.2, 0.25) is 0 Å². The molecule has 0 saturated carbocycles. The third-order valence-electron chi connectivity index (χ3n) is 5.13. The van der Waals surface area contributed by atoms with Gasteiger partial charge in [0.2, 0.25) is 5.76 Å². The Morgan fingerprint density at radius 2 is 1.60 bits per heavy atom. The summed E-state index contributed by atoms with van der Waals surface area (Å²) in [5.41, 5.74) is 15.3. The van der Waals surface area contributed by atoms with Crippen LogP contribution in [-0.4, -0.2) is 11.2 Å². The number of hydrogen-bond acceptors (Lipinski definition) is 5. The van der Waals surface area contributed by atoms with Crippen LogP contribution in [0.4, 0.5) is 23.2 Å². The molecule has 0 amide bonds. The average Bonchev–Trinajstić information content (AvgIpc) is 3.19. The molecule has 1 aliphatic rings. The van der Waals surface area contributed by atoms with E-state index in [0.29, 0.717) is 6.54 Å². The minimum atomic E-state index is -4.56. The molecule has 2 atom stereocenters. The third-order valence-corrected chi connectivity index (χ3v) is 5.13. The summed E-state index contributed by atoms with van der Waals surface area (Å²) in [5.74, 6) is -1.31. The van der Waals surface area contributed by atoms with E-state index in [0.717, 1.165) is 22.9 Å². The van der Waals surface area contributed by atoms with Crippen molar-refractivity contribution in [2.75, 3.05) is 4.90 Å². The van der Waals surface area contributed by atoms with Gasteiger partial charge >= 0.3 is 6.18 Å². The van der Waals surface area contributed by atoms with Crippen molar-refractivity contribution in [3.8, 4) is 0 Å². The van der Waals surface area contributed by atoms with Crippen LogP contribution in [0.3, 0.4) is 0 Å². The molecule has 4 rings (SSSR count). The highest BCUT2D eigenvalue weighted by molar-refractivity contribution is 5.57. The van der Waals surface area contributed by atoms with E-state index in [2.05, 4.69) is 0 Å². The summed E-state index contributed by atoms with van der Waals surface area (Å²) in [6.45, 7) is 0.361. The van der Waals surface area contributed by atoms with E-state index in [9.17, 15) is 17.6 Å². The summed E-state index contributed by atoms with van der Waals surface area (Å²) >= 11 is 0. The van der Waals surface area contributed by atoms with Gasteiger partial charge in [-0.2, -0.15) is 13.2 Å². The molecule has 0 saturated heterocycles. The lowest BCUT2D eigenvalue weighted by molar-refractivity contribution is -0.153. The summed E-state index contributed by atoms with van der Waals surface area (Å²) in [6, 6.07) is 15.6. The van der Waals surface area contributed by atoms with E-state index in [1.165, 1.54) is 18.2 Å². The number of anilines is 1. The van der Waals surface area contributed by atoms with Crippen molar-refractivity contribution in [1.82, 2.24) is 4.90 Å². The van der Waals surface area contributed by atoms with Crippen molar-refractivity contribution in [3.63, 3.8) is 0 Å². The molecule has 0 fully saturated rings. The van der Waals surface area contributed by atoms with Gasteiger partial charge in [-0.15, -0.1) is 0 Å². The van der Waals surface area contributed by atoms with Crippen LogP contribution in [0.15, 0.2) is 65.1 Å². The molecular formula is C21H20F4N4O. The Balaban J connectivity index is 1.65. The summed E-state index contributed by atoms with van der Waals surface area (Å²) in [6.07, 6.45) is -5.94. The first kappa shape index (κ1) is 20.4. The maximum atomic E-state index is 13.3. The SMILES string of the molecule is NC1c2ccccc2N(Cc2ccc(F)cc2)C(N)N1Cc1ccc(C(F)(F)F)o1. The highest BCUT2D eigenvalue weighted by Gasteiger charge is 2.38. The predicted octanol–water partition coefficient (Wildman–Crippen LogP) is 4.16. The van der Waals surface area contributed by atoms with E-state index >= 15 is 0 Å². The number of hydrogen-bond donors (Lipinski definition) is 2. The van der Waals surface area contributed by atoms with Gasteiger partial charge < -0.3 is 15.1 Å². The normalized spacial score (nSPS) is 19.7. The molecule has 2 unspecified atom stereocenters. The first-order valence-electron chi connectivity index (χ1n) is 9.27. The molecule has 3 aromatic rings. The van der Waals surface area contributed by atoms with Gasteiger partial charge in [-0.1, -0.05) is 30.3 Å². The van der Waals surface area contributed by atoms with Gasteiger partial charge in [0.25, 0.3) is 0 Å². The number of para-hydroxylation sites is 1. The van der Waals surface area contributed by atoms with E-state index in [4.69, 9.17) is 15.9 Å². The van der Waals surface area contributed by atoms with Crippen LogP contribution in [0.5, 0.6) is 0 Å². The number of nitrogens with zero attached hydrogens (tertiary/aromatic N) is 2. The lowest BCUT2D eigenvalue weighted by Gasteiger charge is -2.47. The van der Waals surface area contributed by atoms with Crippen molar-refractivity contribution < 1.29 is 22.0 Å². The molecule has 2 aromatic carbocycles. The number of benzene rings is 2. The third kappa shape index (κ3) is 3.91. The first-order chi connectivity index (χ1) is 14.2. The zero-order chi connectivity index (χ0) is 21.5. The Kier molecular flexibility index (Phi) is 5.27. The number of halogens is 4. The second-order valence-electron chi connectivity index (χ2n) is 7.11. The molecule has 4 N–H and O–H groups in total. The Bertz CT molecular complexity index is 1020. The average molecular weight is 420 g/mol. The smallest absolute Gasteiger partial charge is 0.449 e. The van der Waals surface area contributed by atoms with Gasteiger partial charge in [0.15, 0.2) is 0 Å². The maximum Gasteiger partial charge on any atom is 0.449 e. The van der Waals surface area contributed by atoms with Crippen LogP contribution in [0, 0.1) is 5.82 Å². The predicted molar refractivity (Wildman–Crippen MR) is 103 cm³/mol. The van der Waals surface area contributed by atoms with Crippen molar-refractivity contribution in [2.24, 2.45) is 11.5 Å². The zero-order valence-corrected chi connectivity index (χ0v) is 15.8. The van der Waals surface area contributed by atoms with Gasteiger partial charge in [-0.05, 0) is 35.9 Å². The first-order valence-corrected chi connectivity index (χ1v) is 9.27. The molecule has 0 radical (unpaired) electrons. The molecular weight excluding hydrogens is 400 g/mol. The van der Waals surface area contributed by atoms with E-state index in [1.807, 2.05) is 29.2 Å². The number of furan rings is 1. The Morgan fingerprint density at radius 3 is 2.27 bits per heavy atom. The Morgan fingerprint density at radius 1 is 0.900 bits per heavy atom. The molecule has 1 aliphatic heterocycles. The zero-order valence-electron chi connectivity index (χ0n) is 15.8. The summed E-state index contributed by atoms with van der Waals surface area (Å²) < 4.78 is 56.8. The molecule has 0 spiro atoms. The fourth-order valence-electron chi connectivity index (χ4n) is 3.62. The molecule has 158 valence electrons. The highest BCUT2D eigenvalue weighted by Crippen LogP contribution is 2.37. The van der Waals surface area contributed by atoms with Crippen LogP contribution < -0.4 is 16.4 Å². The van der Waals surface area contributed by atoms with Gasteiger partial charge in [0, 0.05) is 17.8 Å². The molecule has 0 aliphatic carbocycles. The van der Waals surface area contributed by atoms with Crippen LogP contribution in [0.25, 0.3) is 0 Å². The fraction of sp³-hybridized carbons (Fsp3) is 0.238. The molecule has 2 heterocycles. The fourth-order valence-corrected chi connectivity index (χ4v) is 3.62. The number of nitrogens with two attached hydrogens (primary N) is 2. The van der Waals surface area contributed by atoms with E-state index in [-0.39, 0.29) is 18.1 Å². The van der Waals surface area contributed by atoms with Crippen molar-refractivity contribution in [1.29, 1.82) is 0 Å². The maximum absolute atomic E-state index is 13.3. The second-order valence-corrected chi connectivity index (χ2v) is 7.11. The standard InChI is InChI=1S/C21H20F4N4O/c22-14-7-5-13(6-8-14)11-28-17-4-2-1-3-16(17)19(26)29(20(28)27)12-15-9-10-18(30-15)21(23,24)25/h1-10,19-20H,11-12,26-27H2. The van der Waals surface area contributed by atoms with Gasteiger partial charge in [0.1, 0.15) is 17.9 Å². The van der Waals surface area contributed by atoms with Gasteiger partial charge in [0.05, 0.1) is 12.7 Å². The number of rotatable bonds is 4. The molecule has 0 bridgehead atoms. The molecule has 1 aromatic heterocycles. The lowest BCUT2D eigenvalue weighted by Crippen LogP contribution is -2.59. The minimum absolute atomic E-state index is 0.00728. The topological polar surface area (TPSA) is 71.7 Å². The van der Waals surface area contributed by atoms with Crippen LogP contribution in [0.1, 0.15) is 28.8 Å². The molecule has 30 heavy (non-hydrogen) atoms. The second kappa shape index (κ2) is 7.75. The van der Waals surface area contributed by atoms with Crippen LogP contribution in [-0.2, 0) is 19.3 Å². The van der Waals surface area contributed by atoms with Crippen LogP contribution >= 0.6 is 0 Å². The van der Waals surface area contributed by atoms with Gasteiger partial charge in [-0.3, -0.25) is 5.73 Å². The van der Waals surface area contributed by atoms with E-state index in [1.54, 1.807) is 17.0 Å². The van der Waals surface area contributed by atoms with Crippen molar-refractivity contribution in [3.05, 3.63) is 89.1 Å². The lowest BCUT2D eigenvalue weighted by atomic mass is 10.0. The minimum Gasteiger partial charge on any atom is -0.455 e. The summed E-state index contributed by atoms with van der Waals surface area (Å²) in [7, 11) is 0. The Hall–Kier alpha value is -2.88.